The molecule has 0 spiro atoms. The standard InChI is InChI=1S/C6H11N3O2/c1-10-11-6(7)2-5-3-8-4-9-5/h3-4,6H,2,7H2,1H3,(H,8,9). The Morgan fingerprint density at radius 1 is 1.82 bits per heavy atom. The molecule has 11 heavy (non-hydrogen) atoms. The first kappa shape index (κ1) is 8.19. The van der Waals surface area contributed by atoms with Crippen LogP contribution in [0.15, 0.2) is 12.5 Å². The summed E-state index contributed by atoms with van der Waals surface area (Å²) in [5, 5.41) is 0. The van der Waals surface area contributed by atoms with E-state index < -0.39 is 6.23 Å². The summed E-state index contributed by atoms with van der Waals surface area (Å²) >= 11 is 0. The van der Waals surface area contributed by atoms with Crippen molar-refractivity contribution in [3.8, 4) is 0 Å². The highest BCUT2D eigenvalue weighted by atomic mass is 17.2. The molecule has 0 aliphatic heterocycles. The third-order valence-electron chi connectivity index (χ3n) is 1.20. The minimum atomic E-state index is -0.444. The minimum Gasteiger partial charge on any atom is -0.348 e. The molecule has 0 amide bonds. The number of hydrogen-bond acceptors (Lipinski definition) is 4. The smallest absolute Gasteiger partial charge is 0.146 e. The Bertz CT molecular complexity index is 188. The fourth-order valence-electron chi connectivity index (χ4n) is 0.771. The van der Waals surface area contributed by atoms with Crippen molar-refractivity contribution in [2.75, 3.05) is 7.11 Å². The van der Waals surface area contributed by atoms with Crippen molar-refractivity contribution in [3.63, 3.8) is 0 Å². The molecule has 0 saturated carbocycles. The van der Waals surface area contributed by atoms with Crippen molar-refractivity contribution in [1.82, 2.24) is 9.97 Å². The van der Waals surface area contributed by atoms with E-state index in [0.717, 1.165) is 5.69 Å². The Morgan fingerprint density at radius 2 is 2.64 bits per heavy atom. The van der Waals surface area contributed by atoms with E-state index in [1.807, 2.05) is 0 Å². The van der Waals surface area contributed by atoms with Crippen LogP contribution < -0.4 is 5.73 Å². The first-order valence-electron chi connectivity index (χ1n) is 3.25. The number of nitrogens with one attached hydrogen (secondary N) is 1. The highest BCUT2D eigenvalue weighted by Gasteiger charge is 2.04. The molecule has 0 aliphatic carbocycles. The molecule has 5 heteroatoms. The van der Waals surface area contributed by atoms with E-state index in [9.17, 15) is 0 Å². The van der Waals surface area contributed by atoms with Crippen molar-refractivity contribution >= 4 is 0 Å². The molecule has 62 valence electrons. The zero-order chi connectivity index (χ0) is 8.10. The number of nitrogens with two attached hydrogens (primary N) is 1. The van der Waals surface area contributed by atoms with Gasteiger partial charge in [-0.05, 0) is 0 Å². The molecule has 0 bridgehead atoms. The second-order valence-corrected chi connectivity index (χ2v) is 2.08. The Balaban J connectivity index is 2.31. The summed E-state index contributed by atoms with van der Waals surface area (Å²) < 4.78 is 0. The third-order valence-corrected chi connectivity index (χ3v) is 1.20. The van der Waals surface area contributed by atoms with E-state index in [1.54, 1.807) is 12.5 Å². The molecule has 0 saturated heterocycles. The normalized spacial score (nSPS) is 13.3. The second kappa shape index (κ2) is 4.07. The van der Waals surface area contributed by atoms with Gasteiger partial charge in [0.1, 0.15) is 6.23 Å². The molecule has 1 atom stereocenters. The quantitative estimate of drug-likeness (QED) is 0.361. The Labute approximate surface area is 64.5 Å². The van der Waals surface area contributed by atoms with Crippen LogP contribution in [0.3, 0.4) is 0 Å². The van der Waals surface area contributed by atoms with Crippen molar-refractivity contribution in [2.24, 2.45) is 5.73 Å². The average molecular weight is 157 g/mol. The molecule has 0 fully saturated rings. The van der Waals surface area contributed by atoms with Crippen molar-refractivity contribution in [2.45, 2.75) is 12.6 Å². The second-order valence-electron chi connectivity index (χ2n) is 2.08. The number of imidazole rings is 1. The summed E-state index contributed by atoms with van der Waals surface area (Å²) in [7, 11) is 1.42. The molecule has 1 aromatic heterocycles. The predicted molar refractivity (Wildman–Crippen MR) is 38.4 cm³/mol. The lowest BCUT2D eigenvalue weighted by Crippen LogP contribution is -2.26. The van der Waals surface area contributed by atoms with Gasteiger partial charge in [-0.25, -0.2) is 14.8 Å². The van der Waals surface area contributed by atoms with Crippen LogP contribution in [-0.4, -0.2) is 23.3 Å². The molecule has 1 heterocycles. The molecule has 1 rings (SSSR count). The van der Waals surface area contributed by atoms with Gasteiger partial charge in [0.25, 0.3) is 0 Å². The Morgan fingerprint density at radius 3 is 3.18 bits per heavy atom. The van der Waals surface area contributed by atoms with Crippen molar-refractivity contribution in [1.29, 1.82) is 0 Å². The number of hydrogen-bond donors (Lipinski definition) is 2. The van der Waals surface area contributed by atoms with Crippen LogP contribution in [0.1, 0.15) is 5.69 Å². The molecule has 0 radical (unpaired) electrons. The Kier molecular flexibility index (Phi) is 3.03. The summed E-state index contributed by atoms with van der Waals surface area (Å²) in [6.45, 7) is 0. The summed E-state index contributed by atoms with van der Waals surface area (Å²) in [4.78, 5) is 15.8. The first-order chi connectivity index (χ1) is 5.33. The molecular formula is C6H11N3O2. The molecule has 1 aromatic rings. The maximum absolute atomic E-state index is 5.48. The molecule has 0 aliphatic rings. The highest BCUT2D eigenvalue weighted by molar-refractivity contribution is 4.95. The van der Waals surface area contributed by atoms with Gasteiger partial charge in [0.15, 0.2) is 0 Å². The molecule has 3 N–H and O–H groups in total. The van der Waals surface area contributed by atoms with E-state index in [4.69, 9.17) is 5.73 Å². The highest BCUT2D eigenvalue weighted by Crippen LogP contribution is 1.96. The van der Waals surface area contributed by atoms with Gasteiger partial charge < -0.3 is 10.7 Å². The van der Waals surface area contributed by atoms with Crippen LogP contribution in [0.2, 0.25) is 0 Å². The first-order valence-corrected chi connectivity index (χ1v) is 3.25. The molecule has 0 aromatic carbocycles. The summed E-state index contributed by atoms with van der Waals surface area (Å²) in [6, 6.07) is 0. The topological polar surface area (TPSA) is 73.2 Å². The summed E-state index contributed by atoms with van der Waals surface area (Å²) in [5.74, 6) is 0. The zero-order valence-electron chi connectivity index (χ0n) is 6.28. The fourth-order valence-corrected chi connectivity index (χ4v) is 0.771. The van der Waals surface area contributed by atoms with Crippen LogP contribution in [0, 0.1) is 0 Å². The van der Waals surface area contributed by atoms with Gasteiger partial charge in [0.2, 0.25) is 0 Å². The number of rotatable bonds is 4. The monoisotopic (exact) mass is 157 g/mol. The lowest BCUT2D eigenvalue weighted by Gasteiger charge is -2.07. The summed E-state index contributed by atoms with van der Waals surface area (Å²) in [6.07, 6.45) is 3.40. The maximum Gasteiger partial charge on any atom is 0.146 e. The SMILES string of the molecule is COOC(N)Cc1cnc[nH]1. The van der Waals surface area contributed by atoms with Crippen LogP contribution >= 0.6 is 0 Å². The van der Waals surface area contributed by atoms with Gasteiger partial charge in [-0.1, -0.05) is 0 Å². The van der Waals surface area contributed by atoms with Gasteiger partial charge in [0.05, 0.1) is 13.4 Å². The van der Waals surface area contributed by atoms with E-state index in [1.165, 1.54) is 7.11 Å². The number of aromatic amines is 1. The van der Waals surface area contributed by atoms with E-state index >= 15 is 0 Å². The third kappa shape index (κ3) is 2.67. The molecule has 5 nitrogen and oxygen atoms in total. The molecule has 1 unspecified atom stereocenters. The van der Waals surface area contributed by atoms with Crippen LogP contribution in [0.4, 0.5) is 0 Å². The van der Waals surface area contributed by atoms with Crippen molar-refractivity contribution < 1.29 is 9.78 Å². The average Bonchev–Trinajstić information content (AvgIpc) is 2.40. The van der Waals surface area contributed by atoms with E-state index in [2.05, 4.69) is 19.7 Å². The van der Waals surface area contributed by atoms with Gasteiger partial charge in [-0.15, -0.1) is 0 Å². The Hall–Kier alpha value is -0.910. The zero-order valence-corrected chi connectivity index (χ0v) is 6.28. The van der Waals surface area contributed by atoms with Gasteiger partial charge in [-0.2, -0.15) is 0 Å². The van der Waals surface area contributed by atoms with Gasteiger partial charge >= 0.3 is 0 Å². The van der Waals surface area contributed by atoms with Gasteiger partial charge in [0, 0.05) is 18.3 Å². The minimum absolute atomic E-state index is 0.444. The molecular weight excluding hydrogens is 146 g/mol. The summed E-state index contributed by atoms with van der Waals surface area (Å²) in [5.41, 5.74) is 6.41. The van der Waals surface area contributed by atoms with E-state index in [-0.39, 0.29) is 0 Å². The number of H-pyrrole nitrogens is 1. The van der Waals surface area contributed by atoms with Crippen LogP contribution in [0.25, 0.3) is 0 Å². The number of nitrogens with zero attached hydrogens (tertiary/aromatic N) is 1. The maximum atomic E-state index is 5.48. The van der Waals surface area contributed by atoms with Crippen LogP contribution in [-0.2, 0) is 16.2 Å². The largest absolute Gasteiger partial charge is 0.348 e. The van der Waals surface area contributed by atoms with E-state index in [0.29, 0.717) is 6.42 Å². The van der Waals surface area contributed by atoms with Crippen LogP contribution in [0.5, 0.6) is 0 Å². The van der Waals surface area contributed by atoms with Crippen molar-refractivity contribution in [3.05, 3.63) is 18.2 Å². The lowest BCUT2D eigenvalue weighted by atomic mass is 10.3. The number of aromatic nitrogens is 2. The predicted octanol–water partition coefficient (Wildman–Crippen LogP) is -0.185. The lowest BCUT2D eigenvalue weighted by molar-refractivity contribution is -0.303. The fraction of sp³-hybridized carbons (Fsp3) is 0.500. The van der Waals surface area contributed by atoms with Gasteiger partial charge in [-0.3, -0.25) is 0 Å².